The summed E-state index contributed by atoms with van der Waals surface area (Å²) in [6.45, 7) is 4.15. The van der Waals surface area contributed by atoms with Crippen molar-refractivity contribution < 1.29 is 19.5 Å². The van der Waals surface area contributed by atoms with Crippen molar-refractivity contribution in [1.29, 1.82) is 0 Å². The number of hydrogen-bond acceptors (Lipinski definition) is 5. The normalized spacial score (nSPS) is 10.6. The fourth-order valence-corrected chi connectivity index (χ4v) is 2.78. The molecule has 6 nitrogen and oxygen atoms in total. The molecule has 0 saturated carbocycles. The van der Waals surface area contributed by atoms with E-state index in [-0.39, 0.29) is 13.2 Å². The Labute approximate surface area is 157 Å². The smallest absolute Gasteiger partial charge is 0.269 e. The van der Waals surface area contributed by atoms with Gasteiger partial charge in [0.05, 0.1) is 24.9 Å². The molecule has 2 aromatic carbocycles. The molecule has 6 heteroatoms. The van der Waals surface area contributed by atoms with Crippen LogP contribution in [0.2, 0.25) is 0 Å². The van der Waals surface area contributed by atoms with E-state index < -0.39 is 5.91 Å². The minimum atomic E-state index is -0.612. The Hall–Kier alpha value is -3.22. The maximum Gasteiger partial charge on any atom is 0.269 e. The average molecular weight is 364 g/mol. The summed E-state index contributed by atoms with van der Waals surface area (Å²) in [7, 11) is 1.63. The third kappa shape index (κ3) is 4.31. The Morgan fingerprint density at radius 3 is 2.63 bits per heavy atom. The summed E-state index contributed by atoms with van der Waals surface area (Å²) < 4.78 is 10.5. The number of ether oxygens (including phenoxy) is 2. The van der Waals surface area contributed by atoms with Crippen LogP contribution in [0.4, 0.5) is 0 Å². The van der Waals surface area contributed by atoms with E-state index in [2.05, 4.69) is 11.6 Å². The zero-order valence-corrected chi connectivity index (χ0v) is 14.9. The Balaban J connectivity index is 1.94. The number of hydroxylamine groups is 1. The summed E-state index contributed by atoms with van der Waals surface area (Å²) in [4.78, 5) is 15.7. The van der Waals surface area contributed by atoms with Gasteiger partial charge < -0.3 is 9.47 Å². The molecule has 1 aromatic heterocycles. The van der Waals surface area contributed by atoms with Gasteiger partial charge >= 0.3 is 0 Å². The van der Waals surface area contributed by atoms with Gasteiger partial charge in [0.2, 0.25) is 0 Å². The van der Waals surface area contributed by atoms with Crippen molar-refractivity contribution in [1.82, 2.24) is 10.5 Å². The summed E-state index contributed by atoms with van der Waals surface area (Å²) in [5, 5.41) is 9.52. The number of pyridine rings is 1. The first kappa shape index (κ1) is 18.6. The first-order chi connectivity index (χ1) is 13.1. The first-order valence-electron chi connectivity index (χ1n) is 8.35. The Kier molecular flexibility index (Phi) is 5.80. The molecule has 3 aromatic rings. The predicted octanol–water partition coefficient (Wildman–Crippen LogP) is 3.33. The van der Waals surface area contributed by atoms with Crippen molar-refractivity contribution >= 4 is 22.4 Å². The number of nitrogens with zero attached hydrogens (tertiary/aromatic N) is 1. The van der Waals surface area contributed by atoms with E-state index in [1.165, 1.54) is 5.48 Å². The van der Waals surface area contributed by atoms with Crippen LogP contribution in [0.25, 0.3) is 16.5 Å². The van der Waals surface area contributed by atoms with Crippen LogP contribution in [0.15, 0.2) is 61.2 Å². The molecule has 0 saturated heterocycles. The Bertz CT molecular complexity index is 968. The number of carbonyl (C=O) groups is 1. The lowest BCUT2D eigenvalue weighted by molar-refractivity contribution is -0.134. The Morgan fingerprint density at radius 1 is 1.19 bits per heavy atom. The molecular formula is C21H20N2O4. The number of para-hydroxylation sites is 1. The zero-order valence-electron chi connectivity index (χ0n) is 14.9. The monoisotopic (exact) mass is 364 g/mol. The lowest BCUT2D eigenvalue weighted by Crippen LogP contribution is -2.23. The molecule has 0 atom stereocenters. The van der Waals surface area contributed by atoms with Crippen LogP contribution in [0.3, 0.4) is 0 Å². The van der Waals surface area contributed by atoms with Crippen LogP contribution >= 0.6 is 0 Å². The van der Waals surface area contributed by atoms with E-state index in [0.717, 1.165) is 33.4 Å². The topological polar surface area (TPSA) is 80.7 Å². The molecule has 2 N–H and O–H groups in total. The maximum atomic E-state index is 11.1. The molecule has 0 fully saturated rings. The number of amides is 1. The van der Waals surface area contributed by atoms with E-state index in [9.17, 15) is 4.79 Å². The number of hydrogen-bond donors (Lipinski definition) is 2. The molecule has 138 valence electrons. The van der Waals surface area contributed by atoms with Crippen LogP contribution in [0.5, 0.6) is 5.75 Å². The summed E-state index contributed by atoms with van der Waals surface area (Å²) in [6, 6.07) is 17.4. The molecule has 0 aliphatic rings. The van der Waals surface area contributed by atoms with Gasteiger partial charge in [0.15, 0.2) is 0 Å². The van der Waals surface area contributed by atoms with E-state index in [4.69, 9.17) is 14.7 Å². The number of carbonyl (C=O) groups excluding carboxylic acids is 1. The number of aromatic nitrogens is 1. The fourth-order valence-electron chi connectivity index (χ4n) is 2.78. The zero-order chi connectivity index (χ0) is 19.2. The highest BCUT2D eigenvalue weighted by Crippen LogP contribution is 2.30. The van der Waals surface area contributed by atoms with Crippen LogP contribution in [-0.4, -0.2) is 29.8 Å². The minimum Gasteiger partial charge on any atom is -0.497 e. The van der Waals surface area contributed by atoms with Gasteiger partial charge in [-0.25, -0.2) is 5.48 Å². The van der Waals surface area contributed by atoms with Crippen molar-refractivity contribution in [2.24, 2.45) is 0 Å². The molecule has 0 bridgehead atoms. The van der Waals surface area contributed by atoms with Crippen LogP contribution in [0.1, 0.15) is 16.8 Å². The van der Waals surface area contributed by atoms with Crippen LogP contribution in [0, 0.1) is 0 Å². The molecule has 3 rings (SSSR count). The number of nitrogens with one attached hydrogen (secondary N) is 1. The lowest BCUT2D eigenvalue weighted by Gasteiger charge is -2.13. The number of benzene rings is 2. The quantitative estimate of drug-likeness (QED) is 0.496. The van der Waals surface area contributed by atoms with Gasteiger partial charge in [0, 0.05) is 5.39 Å². The van der Waals surface area contributed by atoms with Crippen LogP contribution < -0.4 is 10.2 Å². The minimum absolute atomic E-state index is 0.140. The van der Waals surface area contributed by atoms with Crippen molar-refractivity contribution in [3.8, 4) is 5.75 Å². The van der Waals surface area contributed by atoms with E-state index in [0.29, 0.717) is 5.69 Å². The maximum absolute atomic E-state index is 11.1. The third-order valence-electron chi connectivity index (χ3n) is 4.14. The second kappa shape index (κ2) is 8.44. The molecule has 0 aliphatic carbocycles. The highest BCUT2D eigenvalue weighted by atomic mass is 16.5. The first-order valence-corrected chi connectivity index (χ1v) is 8.35. The molecule has 27 heavy (non-hydrogen) atoms. The van der Waals surface area contributed by atoms with Gasteiger partial charge in [0.1, 0.15) is 12.4 Å². The third-order valence-corrected chi connectivity index (χ3v) is 4.14. The number of rotatable bonds is 7. The molecule has 0 spiro atoms. The van der Waals surface area contributed by atoms with Crippen molar-refractivity contribution in [3.05, 3.63) is 78.0 Å². The molecular weight excluding hydrogens is 344 g/mol. The fraction of sp³-hybridized carbons (Fsp3) is 0.143. The van der Waals surface area contributed by atoms with Gasteiger partial charge in [-0.1, -0.05) is 36.9 Å². The SMILES string of the molecule is C=C(c1ccc(OC)cc1)c1cc(COCC(=O)NO)nc2ccccc12. The highest BCUT2D eigenvalue weighted by molar-refractivity contribution is 5.95. The van der Waals surface area contributed by atoms with Crippen molar-refractivity contribution in [2.45, 2.75) is 6.61 Å². The number of fused-ring (bicyclic) bond motifs is 1. The molecule has 0 aliphatic heterocycles. The second-order valence-electron chi connectivity index (χ2n) is 5.91. The van der Waals surface area contributed by atoms with E-state index in [1.807, 2.05) is 54.6 Å². The van der Waals surface area contributed by atoms with Gasteiger partial charge in [-0.15, -0.1) is 0 Å². The van der Waals surface area contributed by atoms with E-state index >= 15 is 0 Å². The molecule has 0 radical (unpaired) electrons. The largest absolute Gasteiger partial charge is 0.497 e. The Morgan fingerprint density at radius 2 is 1.93 bits per heavy atom. The number of methoxy groups -OCH3 is 1. The highest BCUT2D eigenvalue weighted by Gasteiger charge is 2.11. The molecule has 1 amide bonds. The van der Waals surface area contributed by atoms with E-state index in [1.54, 1.807) is 7.11 Å². The van der Waals surface area contributed by atoms with Crippen molar-refractivity contribution in [3.63, 3.8) is 0 Å². The summed E-state index contributed by atoms with van der Waals surface area (Å²) in [6.07, 6.45) is 0. The van der Waals surface area contributed by atoms with Gasteiger partial charge in [-0.3, -0.25) is 15.0 Å². The standard InChI is InChI=1S/C21H20N2O4/c1-14(15-7-9-17(26-2)10-8-15)19-11-16(12-27-13-21(24)23-25)22-20-6-4-3-5-18(19)20/h3-11,25H,1,12-13H2,2H3,(H,23,24). The van der Waals surface area contributed by atoms with Crippen LogP contribution in [-0.2, 0) is 16.1 Å². The summed E-state index contributed by atoms with van der Waals surface area (Å²) in [5.74, 6) is 0.168. The van der Waals surface area contributed by atoms with Gasteiger partial charge in [0.25, 0.3) is 5.91 Å². The van der Waals surface area contributed by atoms with Gasteiger partial charge in [-0.2, -0.15) is 0 Å². The van der Waals surface area contributed by atoms with Crippen molar-refractivity contribution in [2.75, 3.05) is 13.7 Å². The predicted molar refractivity (Wildman–Crippen MR) is 102 cm³/mol. The summed E-state index contributed by atoms with van der Waals surface area (Å²) in [5.41, 5.74) is 5.78. The second-order valence-corrected chi connectivity index (χ2v) is 5.91. The lowest BCUT2D eigenvalue weighted by atomic mass is 9.95. The molecule has 0 unspecified atom stereocenters. The molecule has 1 heterocycles. The average Bonchev–Trinajstić information content (AvgIpc) is 2.72. The summed E-state index contributed by atoms with van der Waals surface area (Å²) >= 11 is 0. The van der Waals surface area contributed by atoms with Gasteiger partial charge in [-0.05, 0) is 41.0 Å².